The van der Waals surface area contributed by atoms with E-state index in [4.69, 9.17) is 11.5 Å². The van der Waals surface area contributed by atoms with E-state index in [2.05, 4.69) is 13.8 Å². The maximum Gasteiger partial charge on any atom is 0.0120 e. The van der Waals surface area contributed by atoms with Crippen molar-refractivity contribution in [2.45, 2.75) is 32.4 Å². The summed E-state index contributed by atoms with van der Waals surface area (Å²) in [5, 5.41) is 0. The van der Waals surface area contributed by atoms with Crippen LogP contribution in [0.3, 0.4) is 0 Å². The molecule has 0 radical (unpaired) electrons. The molecule has 8 heavy (non-hydrogen) atoms. The maximum absolute atomic E-state index is 5.67. The van der Waals surface area contributed by atoms with Crippen LogP contribution < -0.4 is 11.5 Å². The average Bonchev–Trinajstić information content (AvgIpc) is 1.68. The first-order valence-electron chi connectivity index (χ1n) is 3.06. The van der Waals surface area contributed by atoms with E-state index >= 15 is 0 Å². The smallest absolute Gasteiger partial charge is 0.0120 e. The van der Waals surface area contributed by atoms with Crippen molar-refractivity contribution >= 4 is 0 Å². The van der Waals surface area contributed by atoms with Crippen LogP contribution in [0.15, 0.2) is 0 Å². The summed E-state index contributed by atoms with van der Waals surface area (Å²) in [6, 6.07) is 0.662. The zero-order valence-corrected chi connectivity index (χ0v) is 5.52. The van der Waals surface area contributed by atoms with E-state index in [9.17, 15) is 0 Å². The molecular formula is C6H14N2. The van der Waals surface area contributed by atoms with E-state index in [0.717, 1.165) is 6.42 Å². The van der Waals surface area contributed by atoms with Crippen molar-refractivity contribution in [2.24, 2.45) is 16.9 Å². The van der Waals surface area contributed by atoms with Crippen molar-refractivity contribution in [3.63, 3.8) is 0 Å². The molecule has 1 aliphatic rings. The summed E-state index contributed by atoms with van der Waals surface area (Å²) in [6.45, 7) is 4.23. The molecule has 2 atom stereocenters. The Balaban J connectivity index is 2.52. The van der Waals surface area contributed by atoms with Crippen LogP contribution >= 0.6 is 0 Å². The summed E-state index contributed by atoms with van der Waals surface area (Å²) in [7, 11) is 0. The molecule has 2 heteroatoms. The highest BCUT2D eigenvalue weighted by atomic mass is 14.9. The van der Waals surface area contributed by atoms with Gasteiger partial charge in [-0.15, -0.1) is 0 Å². The van der Waals surface area contributed by atoms with Gasteiger partial charge in [0.25, 0.3) is 0 Å². The lowest BCUT2D eigenvalue weighted by Gasteiger charge is -2.48. The highest BCUT2D eigenvalue weighted by molar-refractivity contribution is 5.02. The van der Waals surface area contributed by atoms with Gasteiger partial charge in [0, 0.05) is 12.1 Å². The Kier molecular flexibility index (Phi) is 1.10. The van der Waals surface area contributed by atoms with Crippen molar-refractivity contribution in [2.75, 3.05) is 0 Å². The molecule has 1 rings (SSSR count). The van der Waals surface area contributed by atoms with Gasteiger partial charge >= 0.3 is 0 Å². The molecule has 0 amide bonds. The summed E-state index contributed by atoms with van der Waals surface area (Å²) in [4.78, 5) is 0. The summed E-state index contributed by atoms with van der Waals surface area (Å²) < 4.78 is 0. The van der Waals surface area contributed by atoms with Crippen molar-refractivity contribution in [1.82, 2.24) is 0 Å². The number of hydrogen-bond acceptors (Lipinski definition) is 2. The molecule has 4 N–H and O–H groups in total. The van der Waals surface area contributed by atoms with E-state index in [-0.39, 0.29) is 5.41 Å². The van der Waals surface area contributed by atoms with Gasteiger partial charge in [0.1, 0.15) is 0 Å². The molecular weight excluding hydrogens is 100 g/mol. The van der Waals surface area contributed by atoms with Crippen molar-refractivity contribution in [3.05, 3.63) is 0 Å². The third-order valence-corrected chi connectivity index (χ3v) is 2.42. The molecule has 1 saturated carbocycles. The predicted molar refractivity (Wildman–Crippen MR) is 34.3 cm³/mol. The van der Waals surface area contributed by atoms with E-state index in [1.807, 2.05) is 0 Å². The van der Waals surface area contributed by atoms with Crippen LogP contribution in [0, 0.1) is 5.41 Å². The van der Waals surface area contributed by atoms with E-state index in [1.165, 1.54) is 0 Å². The van der Waals surface area contributed by atoms with Crippen LogP contribution in [0.25, 0.3) is 0 Å². The first kappa shape index (κ1) is 6.05. The largest absolute Gasteiger partial charge is 0.327 e. The number of nitrogens with two attached hydrogens (primary N) is 2. The Labute approximate surface area is 50.2 Å². The SMILES string of the molecule is CC1(C)[C@@H](N)C[C@@H]1N. The Morgan fingerprint density at radius 3 is 1.62 bits per heavy atom. The van der Waals surface area contributed by atoms with Gasteiger partial charge in [0.05, 0.1) is 0 Å². The second-order valence-corrected chi connectivity index (χ2v) is 3.27. The van der Waals surface area contributed by atoms with Crippen molar-refractivity contribution in [1.29, 1.82) is 0 Å². The molecule has 48 valence electrons. The Bertz CT molecular complexity index is 88.7. The molecule has 2 nitrogen and oxygen atoms in total. The lowest BCUT2D eigenvalue weighted by Crippen LogP contribution is -2.61. The van der Waals surface area contributed by atoms with Gasteiger partial charge in [-0.05, 0) is 11.8 Å². The molecule has 0 aromatic carbocycles. The van der Waals surface area contributed by atoms with Crippen LogP contribution in [-0.4, -0.2) is 12.1 Å². The van der Waals surface area contributed by atoms with Gasteiger partial charge in [-0.2, -0.15) is 0 Å². The first-order valence-corrected chi connectivity index (χ1v) is 3.06. The van der Waals surface area contributed by atoms with Crippen molar-refractivity contribution < 1.29 is 0 Å². The second kappa shape index (κ2) is 1.45. The molecule has 0 heterocycles. The fraction of sp³-hybridized carbons (Fsp3) is 1.00. The van der Waals surface area contributed by atoms with Crippen molar-refractivity contribution in [3.8, 4) is 0 Å². The molecule has 1 fully saturated rings. The number of hydrogen-bond donors (Lipinski definition) is 2. The Morgan fingerprint density at radius 1 is 1.25 bits per heavy atom. The maximum atomic E-state index is 5.67. The van der Waals surface area contributed by atoms with E-state index < -0.39 is 0 Å². The molecule has 0 saturated heterocycles. The van der Waals surface area contributed by atoms with Gasteiger partial charge < -0.3 is 11.5 Å². The number of rotatable bonds is 0. The van der Waals surface area contributed by atoms with Gasteiger partial charge in [-0.3, -0.25) is 0 Å². The minimum absolute atomic E-state index is 0.194. The zero-order valence-electron chi connectivity index (χ0n) is 5.52. The average molecular weight is 114 g/mol. The Hall–Kier alpha value is -0.0800. The van der Waals surface area contributed by atoms with Crippen LogP contribution in [0.2, 0.25) is 0 Å². The fourth-order valence-electron chi connectivity index (χ4n) is 0.996. The van der Waals surface area contributed by atoms with Gasteiger partial charge in [0.15, 0.2) is 0 Å². The van der Waals surface area contributed by atoms with Crippen LogP contribution in [0.5, 0.6) is 0 Å². The lowest BCUT2D eigenvalue weighted by atomic mass is 9.64. The Morgan fingerprint density at radius 2 is 1.62 bits per heavy atom. The minimum atomic E-state index is 0.194. The van der Waals surface area contributed by atoms with Gasteiger partial charge in [-0.1, -0.05) is 13.8 Å². The normalized spacial score (nSPS) is 43.5. The molecule has 0 aromatic heterocycles. The lowest BCUT2D eigenvalue weighted by molar-refractivity contribution is 0.103. The van der Waals surface area contributed by atoms with Crippen LogP contribution in [-0.2, 0) is 0 Å². The summed E-state index contributed by atoms with van der Waals surface area (Å²) >= 11 is 0. The predicted octanol–water partition coefficient (Wildman–Crippen LogP) is 0.0709. The minimum Gasteiger partial charge on any atom is -0.327 e. The third-order valence-electron chi connectivity index (χ3n) is 2.42. The van der Waals surface area contributed by atoms with Gasteiger partial charge in [-0.25, -0.2) is 0 Å². The van der Waals surface area contributed by atoms with E-state index in [1.54, 1.807) is 0 Å². The van der Waals surface area contributed by atoms with Gasteiger partial charge in [0.2, 0.25) is 0 Å². The first-order chi connectivity index (χ1) is 3.55. The highest BCUT2D eigenvalue weighted by Gasteiger charge is 2.43. The highest BCUT2D eigenvalue weighted by Crippen LogP contribution is 2.37. The summed E-state index contributed by atoms with van der Waals surface area (Å²) in [5.41, 5.74) is 11.5. The molecule has 0 unspecified atom stereocenters. The molecule has 1 aliphatic carbocycles. The summed E-state index contributed by atoms with van der Waals surface area (Å²) in [5.74, 6) is 0. The van der Waals surface area contributed by atoms with Crippen LogP contribution in [0.1, 0.15) is 20.3 Å². The molecule has 0 aliphatic heterocycles. The van der Waals surface area contributed by atoms with Crippen LogP contribution in [0.4, 0.5) is 0 Å². The molecule has 0 spiro atoms. The summed E-state index contributed by atoms with van der Waals surface area (Å²) in [6.07, 6.45) is 0.993. The second-order valence-electron chi connectivity index (χ2n) is 3.27. The molecule has 0 bridgehead atoms. The fourth-order valence-corrected chi connectivity index (χ4v) is 0.996. The monoisotopic (exact) mass is 114 g/mol. The molecule has 0 aromatic rings. The standard InChI is InChI=1S/C6H14N2/c1-6(2)4(7)3-5(6)8/h4-5H,3,7-8H2,1-2H3/t4-,5-/m0/s1. The zero-order chi connectivity index (χ0) is 6.36. The van der Waals surface area contributed by atoms with E-state index in [0.29, 0.717) is 12.1 Å². The topological polar surface area (TPSA) is 52.0 Å². The quantitative estimate of drug-likeness (QED) is 0.468. The third kappa shape index (κ3) is 0.565.